The predicted octanol–water partition coefficient (Wildman–Crippen LogP) is 2.86. The average Bonchev–Trinajstić information content (AvgIpc) is 2.80. The first-order valence-electron chi connectivity index (χ1n) is 6.11. The Morgan fingerprint density at radius 3 is 2.79 bits per heavy atom. The van der Waals surface area contributed by atoms with Crippen LogP contribution in [0.15, 0.2) is 30.4 Å². The van der Waals surface area contributed by atoms with Gasteiger partial charge in [0.25, 0.3) is 0 Å². The molecule has 0 heterocycles. The summed E-state index contributed by atoms with van der Waals surface area (Å²) in [6.45, 7) is 0.442. The molecule has 19 heavy (non-hydrogen) atoms. The lowest BCUT2D eigenvalue weighted by atomic mass is 10.1. The van der Waals surface area contributed by atoms with Crippen molar-refractivity contribution in [3.8, 4) is 0 Å². The van der Waals surface area contributed by atoms with E-state index in [1.165, 1.54) is 0 Å². The number of nitrogens with zero attached hydrogens (tertiary/aromatic N) is 1. The SMILES string of the molecule is CN(Cc1cccc(Cl)c1Cl)C(=O)C1C=CC(N)C1. The number of benzene rings is 1. The molecule has 1 aromatic carbocycles. The summed E-state index contributed by atoms with van der Waals surface area (Å²) in [4.78, 5) is 13.9. The van der Waals surface area contributed by atoms with Crippen LogP contribution in [-0.2, 0) is 11.3 Å². The summed E-state index contributed by atoms with van der Waals surface area (Å²) >= 11 is 12.1. The molecule has 0 bridgehead atoms. The maximum absolute atomic E-state index is 12.2. The Balaban J connectivity index is 2.05. The molecule has 0 saturated carbocycles. The maximum atomic E-state index is 12.2. The van der Waals surface area contributed by atoms with E-state index in [0.29, 0.717) is 23.0 Å². The first-order chi connectivity index (χ1) is 8.99. The summed E-state index contributed by atoms with van der Waals surface area (Å²) in [5.74, 6) is -0.0711. The number of rotatable bonds is 3. The van der Waals surface area contributed by atoms with Gasteiger partial charge in [-0.15, -0.1) is 0 Å². The first-order valence-corrected chi connectivity index (χ1v) is 6.86. The Kier molecular flexibility index (Phi) is 4.50. The van der Waals surface area contributed by atoms with Crippen molar-refractivity contribution in [3.63, 3.8) is 0 Å². The van der Waals surface area contributed by atoms with Crippen LogP contribution in [0.2, 0.25) is 10.0 Å². The largest absolute Gasteiger partial charge is 0.341 e. The van der Waals surface area contributed by atoms with Gasteiger partial charge in [-0.2, -0.15) is 0 Å². The van der Waals surface area contributed by atoms with Crippen LogP contribution in [0, 0.1) is 5.92 Å². The van der Waals surface area contributed by atoms with E-state index in [2.05, 4.69) is 0 Å². The number of hydrogen-bond acceptors (Lipinski definition) is 2. The number of halogens is 2. The molecule has 102 valence electrons. The Bertz CT molecular complexity index is 516. The van der Waals surface area contributed by atoms with Gasteiger partial charge in [-0.3, -0.25) is 4.79 Å². The fourth-order valence-electron chi connectivity index (χ4n) is 2.20. The fourth-order valence-corrected chi connectivity index (χ4v) is 2.58. The molecule has 0 spiro atoms. The van der Waals surface area contributed by atoms with Gasteiger partial charge in [0.15, 0.2) is 0 Å². The summed E-state index contributed by atoms with van der Waals surface area (Å²) in [5, 5.41) is 1.00. The smallest absolute Gasteiger partial charge is 0.229 e. The molecule has 0 saturated heterocycles. The van der Waals surface area contributed by atoms with E-state index in [1.807, 2.05) is 24.3 Å². The highest BCUT2D eigenvalue weighted by atomic mass is 35.5. The van der Waals surface area contributed by atoms with Gasteiger partial charge in [-0.05, 0) is 18.1 Å². The van der Waals surface area contributed by atoms with Crippen LogP contribution in [0.1, 0.15) is 12.0 Å². The third-order valence-corrected chi connectivity index (χ3v) is 4.11. The maximum Gasteiger partial charge on any atom is 0.229 e. The predicted molar refractivity (Wildman–Crippen MR) is 78.2 cm³/mol. The van der Waals surface area contributed by atoms with Gasteiger partial charge in [0.1, 0.15) is 0 Å². The van der Waals surface area contributed by atoms with Gasteiger partial charge in [0.2, 0.25) is 5.91 Å². The van der Waals surface area contributed by atoms with Crippen LogP contribution in [0.4, 0.5) is 0 Å². The number of nitrogens with two attached hydrogens (primary N) is 1. The van der Waals surface area contributed by atoms with Gasteiger partial charge in [-0.1, -0.05) is 47.5 Å². The molecule has 0 aromatic heterocycles. The third kappa shape index (κ3) is 3.30. The Morgan fingerprint density at radius 1 is 1.42 bits per heavy atom. The molecule has 1 amide bonds. The van der Waals surface area contributed by atoms with Crippen LogP contribution < -0.4 is 5.73 Å². The van der Waals surface area contributed by atoms with Crippen LogP contribution in [0.5, 0.6) is 0 Å². The molecule has 5 heteroatoms. The summed E-state index contributed by atoms with van der Waals surface area (Å²) < 4.78 is 0. The molecule has 0 fully saturated rings. The van der Waals surface area contributed by atoms with E-state index in [-0.39, 0.29) is 17.9 Å². The third-order valence-electron chi connectivity index (χ3n) is 3.25. The molecular formula is C14H16Cl2N2O. The summed E-state index contributed by atoms with van der Waals surface area (Å²) in [6.07, 6.45) is 4.43. The highest BCUT2D eigenvalue weighted by Gasteiger charge is 2.25. The molecule has 1 aromatic rings. The molecule has 0 aliphatic heterocycles. The minimum absolute atomic E-state index is 0.0166. The lowest BCUT2D eigenvalue weighted by molar-refractivity contribution is -0.133. The number of amides is 1. The summed E-state index contributed by atoms with van der Waals surface area (Å²) in [5.41, 5.74) is 6.61. The molecule has 1 aliphatic rings. The normalized spacial score (nSPS) is 21.7. The topological polar surface area (TPSA) is 46.3 Å². The molecule has 2 rings (SSSR count). The van der Waals surface area contributed by atoms with Crippen LogP contribution in [0.25, 0.3) is 0 Å². The van der Waals surface area contributed by atoms with Crippen molar-refractivity contribution in [2.75, 3.05) is 7.05 Å². The van der Waals surface area contributed by atoms with Crippen molar-refractivity contribution in [2.45, 2.75) is 19.0 Å². The zero-order valence-electron chi connectivity index (χ0n) is 10.6. The van der Waals surface area contributed by atoms with Crippen molar-refractivity contribution in [1.29, 1.82) is 0 Å². The second-order valence-electron chi connectivity index (χ2n) is 4.80. The van der Waals surface area contributed by atoms with E-state index in [1.54, 1.807) is 18.0 Å². The monoisotopic (exact) mass is 298 g/mol. The van der Waals surface area contributed by atoms with Crippen molar-refractivity contribution in [1.82, 2.24) is 4.90 Å². The van der Waals surface area contributed by atoms with E-state index in [4.69, 9.17) is 28.9 Å². The van der Waals surface area contributed by atoms with Gasteiger partial charge >= 0.3 is 0 Å². The van der Waals surface area contributed by atoms with Crippen molar-refractivity contribution < 1.29 is 4.79 Å². The quantitative estimate of drug-likeness (QED) is 0.872. The Hall–Kier alpha value is -1.03. The van der Waals surface area contributed by atoms with Crippen molar-refractivity contribution in [2.24, 2.45) is 11.7 Å². The van der Waals surface area contributed by atoms with Gasteiger partial charge < -0.3 is 10.6 Å². The fraction of sp³-hybridized carbons (Fsp3) is 0.357. The van der Waals surface area contributed by atoms with E-state index < -0.39 is 0 Å². The molecule has 0 radical (unpaired) electrons. The average molecular weight is 299 g/mol. The van der Waals surface area contributed by atoms with Crippen molar-refractivity contribution >= 4 is 29.1 Å². The molecule has 1 aliphatic carbocycles. The van der Waals surface area contributed by atoms with Crippen LogP contribution >= 0.6 is 23.2 Å². The number of hydrogen-bond donors (Lipinski definition) is 1. The molecule has 2 unspecified atom stereocenters. The standard InChI is InChI=1S/C14H16Cl2N2O/c1-18(14(19)9-5-6-11(17)7-9)8-10-3-2-4-12(15)13(10)16/h2-6,9,11H,7-8,17H2,1H3. The summed E-state index contributed by atoms with van der Waals surface area (Å²) in [7, 11) is 1.76. The zero-order chi connectivity index (χ0) is 14.0. The van der Waals surface area contributed by atoms with E-state index in [9.17, 15) is 4.79 Å². The highest BCUT2D eigenvalue weighted by Crippen LogP contribution is 2.27. The second-order valence-corrected chi connectivity index (χ2v) is 5.58. The number of carbonyl (C=O) groups excluding carboxylic acids is 1. The van der Waals surface area contributed by atoms with E-state index in [0.717, 1.165) is 5.56 Å². The van der Waals surface area contributed by atoms with Crippen LogP contribution in [0.3, 0.4) is 0 Å². The van der Waals surface area contributed by atoms with E-state index >= 15 is 0 Å². The number of carbonyl (C=O) groups is 1. The molecule has 3 nitrogen and oxygen atoms in total. The minimum Gasteiger partial charge on any atom is -0.341 e. The highest BCUT2D eigenvalue weighted by molar-refractivity contribution is 6.42. The van der Waals surface area contributed by atoms with Crippen LogP contribution in [-0.4, -0.2) is 23.9 Å². The first kappa shape index (κ1) is 14.4. The molecular weight excluding hydrogens is 283 g/mol. The van der Waals surface area contributed by atoms with Crippen molar-refractivity contribution in [3.05, 3.63) is 46.0 Å². The molecule has 2 N–H and O–H groups in total. The lowest BCUT2D eigenvalue weighted by Gasteiger charge is -2.21. The van der Waals surface area contributed by atoms with Gasteiger partial charge in [-0.25, -0.2) is 0 Å². The van der Waals surface area contributed by atoms with Gasteiger partial charge in [0.05, 0.1) is 16.0 Å². The second kappa shape index (κ2) is 5.95. The Labute approximate surface area is 123 Å². The minimum atomic E-state index is -0.127. The molecule has 2 atom stereocenters. The van der Waals surface area contributed by atoms with Gasteiger partial charge in [0, 0.05) is 19.6 Å². The Morgan fingerprint density at radius 2 is 2.16 bits per heavy atom. The lowest BCUT2D eigenvalue weighted by Crippen LogP contribution is -2.32. The zero-order valence-corrected chi connectivity index (χ0v) is 12.2. The summed E-state index contributed by atoms with van der Waals surface area (Å²) in [6, 6.07) is 5.41.